The van der Waals surface area contributed by atoms with Crippen molar-refractivity contribution in [2.24, 2.45) is 5.92 Å². The van der Waals surface area contributed by atoms with E-state index in [0.717, 1.165) is 27.3 Å². The summed E-state index contributed by atoms with van der Waals surface area (Å²) in [5.74, 6) is 0.0432. The highest BCUT2D eigenvalue weighted by atomic mass is 32.1. The SMILES string of the molecule is CCc1ccc([C@H](NC(=O)Cn2cnc3sc(C)c(C)c3c2=O)C(C)C)cc1. The Bertz CT molecular complexity index is 1050. The number of hydrogen-bond acceptors (Lipinski definition) is 4. The van der Waals surface area contributed by atoms with Gasteiger partial charge in [0, 0.05) is 4.88 Å². The van der Waals surface area contributed by atoms with Gasteiger partial charge in [-0.3, -0.25) is 14.2 Å². The minimum absolute atomic E-state index is 0.0353. The number of carbonyl (C=O) groups is 1. The van der Waals surface area contributed by atoms with Crippen molar-refractivity contribution in [1.82, 2.24) is 14.9 Å². The predicted octanol–water partition coefficient (Wildman–Crippen LogP) is 4.15. The van der Waals surface area contributed by atoms with Crippen molar-refractivity contribution in [2.45, 2.75) is 53.6 Å². The second-order valence-corrected chi connectivity index (χ2v) is 8.73. The van der Waals surface area contributed by atoms with E-state index in [1.54, 1.807) is 0 Å². The molecule has 0 radical (unpaired) electrons. The predicted molar refractivity (Wildman–Crippen MR) is 115 cm³/mol. The molecule has 0 unspecified atom stereocenters. The van der Waals surface area contributed by atoms with Gasteiger partial charge in [-0.25, -0.2) is 4.98 Å². The molecule has 0 aliphatic rings. The lowest BCUT2D eigenvalue weighted by Gasteiger charge is -2.23. The number of fused-ring (bicyclic) bond motifs is 1. The molecule has 1 N–H and O–H groups in total. The normalized spacial score (nSPS) is 12.5. The van der Waals surface area contributed by atoms with E-state index in [9.17, 15) is 9.59 Å². The Hall–Kier alpha value is -2.47. The Labute approximate surface area is 169 Å². The summed E-state index contributed by atoms with van der Waals surface area (Å²) >= 11 is 1.51. The fraction of sp³-hybridized carbons (Fsp3) is 0.409. The lowest BCUT2D eigenvalue weighted by Crippen LogP contribution is -2.36. The number of thiophene rings is 1. The molecule has 0 aliphatic carbocycles. The van der Waals surface area contributed by atoms with Crippen LogP contribution in [0, 0.1) is 19.8 Å². The van der Waals surface area contributed by atoms with Gasteiger partial charge in [0.25, 0.3) is 5.56 Å². The second kappa shape index (κ2) is 8.27. The smallest absolute Gasteiger partial charge is 0.262 e. The molecule has 1 aromatic carbocycles. The first-order valence-electron chi connectivity index (χ1n) is 9.65. The molecular weight excluding hydrogens is 370 g/mol. The van der Waals surface area contributed by atoms with Crippen LogP contribution in [0.1, 0.15) is 48.4 Å². The summed E-state index contributed by atoms with van der Waals surface area (Å²) in [5, 5.41) is 3.71. The summed E-state index contributed by atoms with van der Waals surface area (Å²) in [6.07, 6.45) is 2.46. The van der Waals surface area contributed by atoms with Gasteiger partial charge in [0.15, 0.2) is 0 Å². The lowest BCUT2D eigenvalue weighted by atomic mass is 9.95. The highest BCUT2D eigenvalue weighted by Gasteiger charge is 2.20. The molecule has 3 rings (SSSR count). The average molecular weight is 398 g/mol. The first-order valence-corrected chi connectivity index (χ1v) is 10.5. The van der Waals surface area contributed by atoms with E-state index >= 15 is 0 Å². The molecule has 0 bridgehead atoms. The van der Waals surface area contributed by atoms with Gasteiger partial charge in [-0.05, 0) is 42.9 Å². The van der Waals surface area contributed by atoms with Crippen molar-refractivity contribution in [1.29, 1.82) is 0 Å². The van der Waals surface area contributed by atoms with Crippen molar-refractivity contribution in [3.63, 3.8) is 0 Å². The summed E-state index contributed by atoms with van der Waals surface area (Å²) in [5.41, 5.74) is 3.13. The molecule has 0 saturated heterocycles. The number of aromatic nitrogens is 2. The lowest BCUT2D eigenvalue weighted by molar-refractivity contribution is -0.122. The van der Waals surface area contributed by atoms with Crippen LogP contribution in [0.15, 0.2) is 35.4 Å². The Morgan fingerprint density at radius 3 is 2.50 bits per heavy atom. The van der Waals surface area contributed by atoms with Crippen LogP contribution in [0.4, 0.5) is 0 Å². The average Bonchev–Trinajstić information content (AvgIpc) is 2.96. The van der Waals surface area contributed by atoms with Crippen LogP contribution < -0.4 is 10.9 Å². The Morgan fingerprint density at radius 2 is 1.89 bits per heavy atom. The van der Waals surface area contributed by atoms with Gasteiger partial charge in [-0.15, -0.1) is 11.3 Å². The molecule has 5 nitrogen and oxygen atoms in total. The van der Waals surface area contributed by atoms with Crippen LogP contribution in [0.5, 0.6) is 0 Å². The molecule has 0 fully saturated rings. The van der Waals surface area contributed by atoms with Crippen LogP contribution in [0.3, 0.4) is 0 Å². The van der Waals surface area contributed by atoms with E-state index in [2.05, 4.69) is 55.3 Å². The van der Waals surface area contributed by atoms with Crippen molar-refractivity contribution < 1.29 is 4.79 Å². The fourth-order valence-electron chi connectivity index (χ4n) is 3.35. The molecular formula is C22H27N3O2S. The van der Waals surface area contributed by atoms with E-state index in [1.807, 2.05) is 13.8 Å². The molecule has 28 heavy (non-hydrogen) atoms. The molecule has 6 heteroatoms. The molecule has 0 saturated carbocycles. The quantitative estimate of drug-likeness (QED) is 0.680. The number of carbonyl (C=O) groups excluding carboxylic acids is 1. The van der Waals surface area contributed by atoms with E-state index in [4.69, 9.17) is 0 Å². The molecule has 0 spiro atoms. The first kappa shape index (κ1) is 20.3. The number of aryl methyl sites for hydroxylation is 3. The Kier molecular flexibility index (Phi) is 5.98. The standard InChI is InChI=1S/C22H27N3O2S/c1-6-16-7-9-17(10-8-16)20(13(2)3)24-18(26)11-25-12-23-21-19(22(25)27)14(4)15(5)28-21/h7-10,12-13,20H,6,11H2,1-5H3,(H,24,26)/t20-/m1/s1. The highest BCUT2D eigenvalue weighted by Crippen LogP contribution is 2.25. The van der Waals surface area contributed by atoms with Crippen LogP contribution in [0.25, 0.3) is 10.2 Å². The van der Waals surface area contributed by atoms with E-state index in [-0.39, 0.29) is 30.0 Å². The summed E-state index contributed by atoms with van der Waals surface area (Å²) in [7, 11) is 0. The maximum atomic E-state index is 12.8. The van der Waals surface area contributed by atoms with Crippen LogP contribution in [-0.4, -0.2) is 15.5 Å². The van der Waals surface area contributed by atoms with Crippen LogP contribution in [-0.2, 0) is 17.8 Å². The van der Waals surface area contributed by atoms with Crippen molar-refractivity contribution in [3.05, 3.63) is 62.5 Å². The summed E-state index contributed by atoms with van der Waals surface area (Å²) in [6.45, 7) is 10.2. The van der Waals surface area contributed by atoms with Gasteiger partial charge >= 0.3 is 0 Å². The molecule has 148 valence electrons. The van der Waals surface area contributed by atoms with E-state index in [0.29, 0.717) is 5.39 Å². The van der Waals surface area contributed by atoms with Gasteiger partial charge in [-0.1, -0.05) is 45.0 Å². The summed E-state index contributed by atoms with van der Waals surface area (Å²) in [6, 6.07) is 8.24. The third-order valence-electron chi connectivity index (χ3n) is 5.20. The molecule has 0 aliphatic heterocycles. The third-order valence-corrected chi connectivity index (χ3v) is 6.32. The van der Waals surface area contributed by atoms with E-state index in [1.165, 1.54) is 27.8 Å². The third kappa shape index (κ3) is 4.02. The van der Waals surface area contributed by atoms with Crippen molar-refractivity contribution >= 4 is 27.5 Å². The van der Waals surface area contributed by atoms with Crippen molar-refractivity contribution in [2.75, 3.05) is 0 Å². The zero-order chi connectivity index (χ0) is 20.4. The van der Waals surface area contributed by atoms with Gasteiger partial charge in [-0.2, -0.15) is 0 Å². The van der Waals surface area contributed by atoms with Crippen molar-refractivity contribution in [3.8, 4) is 0 Å². The highest BCUT2D eigenvalue weighted by molar-refractivity contribution is 7.18. The zero-order valence-corrected chi connectivity index (χ0v) is 17.9. The van der Waals surface area contributed by atoms with Gasteiger partial charge in [0.2, 0.25) is 5.91 Å². The molecule has 2 aromatic heterocycles. The Morgan fingerprint density at radius 1 is 1.21 bits per heavy atom. The topological polar surface area (TPSA) is 64.0 Å². The van der Waals surface area contributed by atoms with Gasteiger partial charge < -0.3 is 5.32 Å². The summed E-state index contributed by atoms with van der Waals surface area (Å²) in [4.78, 5) is 31.7. The zero-order valence-electron chi connectivity index (χ0n) is 17.1. The summed E-state index contributed by atoms with van der Waals surface area (Å²) < 4.78 is 1.40. The Balaban J connectivity index is 1.81. The number of nitrogens with zero attached hydrogens (tertiary/aromatic N) is 2. The maximum absolute atomic E-state index is 12.8. The molecule has 2 heterocycles. The first-order chi connectivity index (χ1) is 13.3. The minimum Gasteiger partial charge on any atom is -0.347 e. The number of benzene rings is 1. The van der Waals surface area contributed by atoms with Crippen LogP contribution in [0.2, 0.25) is 0 Å². The van der Waals surface area contributed by atoms with Gasteiger partial charge in [0.1, 0.15) is 11.4 Å². The molecule has 3 aromatic rings. The minimum atomic E-state index is -0.189. The number of hydrogen-bond donors (Lipinski definition) is 1. The second-order valence-electron chi connectivity index (χ2n) is 7.53. The maximum Gasteiger partial charge on any atom is 0.262 e. The van der Waals surface area contributed by atoms with Gasteiger partial charge in [0.05, 0.1) is 17.8 Å². The monoisotopic (exact) mass is 397 g/mol. The number of amides is 1. The van der Waals surface area contributed by atoms with E-state index < -0.39 is 0 Å². The fourth-order valence-corrected chi connectivity index (χ4v) is 4.34. The largest absolute Gasteiger partial charge is 0.347 e. The van der Waals surface area contributed by atoms with Crippen LogP contribution >= 0.6 is 11.3 Å². The number of nitrogens with one attached hydrogen (secondary N) is 1. The molecule has 1 atom stereocenters. The molecule has 1 amide bonds. The number of rotatable bonds is 6.